The van der Waals surface area contributed by atoms with E-state index in [2.05, 4.69) is 51.2 Å². The summed E-state index contributed by atoms with van der Waals surface area (Å²) in [6.07, 6.45) is 17.6. The largest absolute Gasteiger partial charge is 0.242 e. The van der Waals surface area contributed by atoms with Gasteiger partial charge in [0.1, 0.15) is 5.67 Å². The van der Waals surface area contributed by atoms with Gasteiger partial charge in [-0.3, -0.25) is 0 Å². The molecule has 0 heterocycles. The van der Waals surface area contributed by atoms with Crippen LogP contribution in [0.2, 0.25) is 0 Å². The van der Waals surface area contributed by atoms with E-state index < -0.39 is 11.1 Å². The van der Waals surface area contributed by atoms with Crippen LogP contribution in [0.3, 0.4) is 0 Å². The highest BCUT2D eigenvalue weighted by molar-refractivity contribution is 5.44. The van der Waals surface area contributed by atoms with E-state index in [9.17, 15) is 0 Å². The van der Waals surface area contributed by atoms with Crippen molar-refractivity contribution in [1.29, 1.82) is 0 Å². The highest BCUT2D eigenvalue weighted by Crippen LogP contribution is 2.67. The van der Waals surface area contributed by atoms with Crippen LogP contribution in [0.1, 0.15) is 59.3 Å². The molecule has 120 valence electrons. The molecule has 0 aromatic rings. The molecule has 1 heteroatoms. The fourth-order valence-corrected chi connectivity index (χ4v) is 6.46. The van der Waals surface area contributed by atoms with Gasteiger partial charge in [0.05, 0.1) is 0 Å². The second-order valence-corrected chi connectivity index (χ2v) is 8.54. The Hall–Kier alpha value is -0.850. The smallest absolute Gasteiger partial charge is 0.130 e. The van der Waals surface area contributed by atoms with Crippen LogP contribution >= 0.6 is 0 Å². The van der Waals surface area contributed by atoms with E-state index in [0.717, 1.165) is 25.2 Å². The molecule has 22 heavy (non-hydrogen) atoms. The lowest BCUT2D eigenvalue weighted by atomic mass is 9.48. The van der Waals surface area contributed by atoms with Crippen LogP contribution in [-0.2, 0) is 0 Å². The Morgan fingerprint density at radius 1 is 1.23 bits per heavy atom. The molecule has 0 N–H and O–H groups in total. The second-order valence-electron chi connectivity index (χ2n) is 8.54. The SMILES string of the molecule is CC[C@H]1CC[C@H]2[C@@H]3C=CC4=CCC=C[C@]4(C)[C@@]3(F)CC[C@]12C. The zero-order valence-electron chi connectivity index (χ0n) is 14.2. The topological polar surface area (TPSA) is 0 Å². The van der Waals surface area contributed by atoms with E-state index in [1.807, 2.05) is 0 Å². The van der Waals surface area contributed by atoms with Crippen LogP contribution in [0.25, 0.3) is 0 Å². The van der Waals surface area contributed by atoms with Gasteiger partial charge in [-0.15, -0.1) is 0 Å². The number of fused-ring (bicyclic) bond motifs is 5. The Bertz CT molecular complexity index is 570. The van der Waals surface area contributed by atoms with E-state index in [1.54, 1.807) is 0 Å². The molecule has 0 nitrogen and oxygen atoms in total. The number of halogens is 1. The van der Waals surface area contributed by atoms with Crippen molar-refractivity contribution < 1.29 is 4.39 Å². The molecule has 0 amide bonds. The molecule has 0 unspecified atom stereocenters. The van der Waals surface area contributed by atoms with E-state index >= 15 is 4.39 Å². The van der Waals surface area contributed by atoms with Crippen LogP contribution in [0.15, 0.2) is 36.0 Å². The number of allylic oxidation sites excluding steroid dienone is 6. The van der Waals surface area contributed by atoms with Gasteiger partial charge in [-0.1, -0.05) is 50.6 Å². The van der Waals surface area contributed by atoms with Crippen molar-refractivity contribution in [2.45, 2.75) is 65.0 Å². The summed E-state index contributed by atoms with van der Waals surface area (Å²) in [4.78, 5) is 0. The Labute approximate surface area is 134 Å². The van der Waals surface area contributed by atoms with Crippen LogP contribution in [0.5, 0.6) is 0 Å². The van der Waals surface area contributed by atoms with Gasteiger partial charge in [0.15, 0.2) is 0 Å². The number of rotatable bonds is 1. The molecule has 0 saturated heterocycles. The average molecular weight is 300 g/mol. The van der Waals surface area contributed by atoms with Gasteiger partial charge in [-0.25, -0.2) is 4.39 Å². The quantitative estimate of drug-likeness (QED) is 0.520. The van der Waals surface area contributed by atoms with E-state index in [4.69, 9.17) is 0 Å². The van der Waals surface area contributed by atoms with Crippen LogP contribution in [0, 0.1) is 28.6 Å². The van der Waals surface area contributed by atoms with Crippen molar-refractivity contribution in [2.24, 2.45) is 28.6 Å². The predicted octanol–water partition coefficient (Wildman–Crippen LogP) is 6.01. The second kappa shape index (κ2) is 4.58. The van der Waals surface area contributed by atoms with E-state index in [-0.39, 0.29) is 5.92 Å². The first-order chi connectivity index (χ1) is 10.5. The molecule has 0 aromatic carbocycles. The summed E-state index contributed by atoms with van der Waals surface area (Å²) in [5.74, 6) is 1.43. The number of hydrogen-bond acceptors (Lipinski definition) is 0. The Morgan fingerprint density at radius 3 is 2.82 bits per heavy atom. The summed E-state index contributed by atoms with van der Waals surface area (Å²) in [6.45, 7) is 6.91. The summed E-state index contributed by atoms with van der Waals surface area (Å²) < 4.78 is 16.4. The zero-order valence-corrected chi connectivity index (χ0v) is 14.2. The number of hydrogen-bond donors (Lipinski definition) is 0. The minimum absolute atomic E-state index is 0.104. The first kappa shape index (κ1) is 14.7. The van der Waals surface area contributed by atoms with Gasteiger partial charge in [-0.05, 0) is 61.9 Å². The normalized spacial score (nSPS) is 52.7. The highest BCUT2D eigenvalue weighted by atomic mass is 19.1. The van der Waals surface area contributed by atoms with Crippen LogP contribution in [-0.4, -0.2) is 5.67 Å². The van der Waals surface area contributed by atoms with Crippen molar-refractivity contribution in [3.63, 3.8) is 0 Å². The molecule has 0 aromatic heterocycles. The van der Waals surface area contributed by atoms with Gasteiger partial charge in [0.25, 0.3) is 0 Å². The predicted molar refractivity (Wildman–Crippen MR) is 90.3 cm³/mol. The molecule has 2 saturated carbocycles. The third-order valence-electron chi connectivity index (χ3n) is 7.96. The zero-order chi connectivity index (χ0) is 15.6. The molecule has 0 radical (unpaired) electrons. The van der Waals surface area contributed by atoms with Crippen molar-refractivity contribution in [3.05, 3.63) is 36.0 Å². The summed E-state index contributed by atoms with van der Waals surface area (Å²) in [7, 11) is 0. The lowest BCUT2D eigenvalue weighted by Crippen LogP contribution is -2.58. The molecular formula is C21H29F. The van der Waals surface area contributed by atoms with Gasteiger partial charge < -0.3 is 0 Å². The molecule has 0 spiro atoms. The first-order valence-corrected chi connectivity index (χ1v) is 9.21. The van der Waals surface area contributed by atoms with Gasteiger partial charge in [0.2, 0.25) is 0 Å². The Morgan fingerprint density at radius 2 is 2.05 bits per heavy atom. The summed E-state index contributed by atoms with van der Waals surface area (Å²) in [6, 6.07) is 0. The monoisotopic (exact) mass is 300 g/mol. The maximum absolute atomic E-state index is 16.4. The molecule has 4 aliphatic rings. The lowest BCUT2D eigenvalue weighted by Gasteiger charge is -2.58. The average Bonchev–Trinajstić information content (AvgIpc) is 2.84. The standard InChI is InChI=1S/C21H29F/c1-4-15-8-10-17-18-11-9-16-7-5-6-12-20(16,3)21(18,22)14-13-19(15,17)2/h6-7,9,11-12,15,17-18H,4-5,8,10,13-14H2,1-3H3/t15-,17-,18-,19+,20-,21+/m0/s1. The molecule has 4 rings (SSSR count). The Balaban J connectivity index is 1.80. The first-order valence-electron chi connectivity index (χ1n) is 9.21. The third-order valence-corrected chi connectivity index (χ3v) is 7.96. The minimum Gasteiger partial charge on any atom is -0.242 e. The Kier molecular flexibility index (Phi) is 3.07. The third kappa shape index (κ3) is 1.58. The summed E-state index contributed by atoms with van der Waals surface area (Å²) in [5, 5.41) is 0. The summed E-state index contributed by atoms with van der Waals surface area (Å²) >= 11 is 0. The highest BCUT2D eigenvalue weighted by Gasteiger charge is 2.64. The molecule has 2 fully saturated rings. The lowest BCUT2D eigenvalue weighted by molar-refractivity contribution is -0.0942. The van der Waals surface area contributed by atoms with E-state index in [0.29, 0.717) is 11.3 Å². The summed E-state index contributed by atoms with van der Waals surface area (Å²) in [5.41, 5.74) is 0.0746. The number of alkyl halides is 1. The van der Waals surface area contributed by atoms with Gasteiger partial charge in [0, 0.05) is 11.3 Å². The van der Waals surface area contributed by atoms with E-state index in [1.165, 1.54) is 24.8 Å². The van der Waals surface area contributed by atoms with Crippen molar-refractivity contribution in [3.8, 4) is 0 Å². The van der Waals surface area contributed by atoms with Crippen molar-refractivity contribution in [1.82, 2.24) is 0 Å². The van der Waals surface area contributed by atoms with Gasteiger partial charge in [-0.2, -0.15) is 0 Å². The van der Waals surface area contributed by atoms with Crippen LogP contribution in [0.4, 0.5) is 4.39 Å². The van der Waals surface area contributed by atoms with Crippen LogP contribution < -0.4 is 0 Å². The maximum Gasteiger partial charge on any atom is 0.130 e. The molecule has 6 atom stereocenters. The minimum atomic E-state index is -1.09. The fourth-order valence-electron chi connectivity index (χ4n) is 6.46. The van der Waals surface area contributed by atoms with Crippen molar-refractivity contribution in [2.75, 3.05) is 0 Å². The fraction of sp³-hybridized carbons (Fsp3) is 0.714. The molecule has 0 bridgehead atoms. The molecule has 4 aliphatic carbocycles. The maximum atomic E-state index is 16.4. The van der Waals surface area contributed by atoms with Gasteiger partial charge >= 0.3 is 0 Å². The van der Waals surface area contributed by atoms with Crippen molar-refractivity contribution >= 4 is 0 Å². The molecular weight excluding hydrogens is 271 g/mol. The molecule has 0 aliphatic heterocycles.